The maximum Gasteiger partial charge on any atom is 0.159 e. The third-order valence-electron chi connectivity index (χ3n) is 2.85. The number of phenolic OH excluding ortho intramolecular Hbond substituents is 2. The van der Waals surface area contributed by atoms with Gasteiger partial charge in [0.1, 0.15) is 0 Å². The minimum absolute atomic E-state index is 0.0880. The molecule has 80 valence electrons. The highest BCUT2D eigenvalue weighted by molar-refractivity contribution is 6.08. The molecule has 0 amide bonds. The molecule has 3 heteroatoms. The van der Waals surface area contributed by atoms with Crippen LogP contribution in [0.1, 0.15) is 5.56 Å². The van der Waals surface area contributed by atoms with E-state index in [1.807, 2.05) is 19.1 Å². The molecule has 1 aromatic heterocycles. The van der Waals surface area contributed by atoms with Gasteiger partial charge in [-0.25, -0.2) is 0 Å². The van der Waals surface area contributed by atoms with Crippen molar-refractivity contribution in [2.75, 3.05) is 0 Å². The van der Waals surface area contributed by atoms with Crippen LogP contribution in [-0.2, 0) is 0 Å². The summed E-state index contributed by atoms with van der Waals surface area (Å²) in [5.74, 6) is -0.189. The lowest BCUT2D eigenvalue weighted by atomic mass is 10.1. The lowest BCUT2D eigenvalue weighted by molar-refractivity contribution is 0.405. The van der Waals surface area contributed by atoms with Crippen molar-refractivity contribution in [1.82, 2.24) is 4.98 Å². The van der Waals surface area contributed by atoms with Gasteiger partial charge in [-0.05, 0) is 25.1 Å². The summed E-state index contributed by atoms with van der Waals surface area (Å²) in [6.45, 7) is 2.03. The molecule has 0 atom stereocenters. The molecule has 0 saturated heterocycles. The van der Waals surface area contributed by atoms with Crippen molar-refractivity contribution >= 4 is 21.8 Å². The average Bonchev–Trinajstić information content (AvgIpc) is 2.57. The van der Waals surface area contributed by atoms with Crippen LogP contribution in [0.5, 0.6) is 11.5 Å². The number of benzene rings is 2. The topological polar surface area (TPSA) is 56.2 Å². The van der Waals surface area contributed by atoms with Gasteiger partial charge in [0.15, 0.2) is 11.5 Å². The van der Waals surface area contributed by atoms with Crippen molar-refractivity contribution < 1.29 is 10.2 Å². The molecular weight excluding hydrogens is 202 g/mol. The zero-order chi connectivity index (χ0) is 11.3. The van der Waals surface area contributed by atoms with Gasteiger partial charge in [-0.2, -0.15) is 0 Å². The van der Waals surface area contributed by atoms with Gasteiger partial charge in [0.2, 0.25) is 0 Å². The molecule has 3 rings (SSSR count). The smallest absolute Gasteiger partial charge is 0.159 e. The number of aryl methyl sites for hydroxylation is 1. The van der Waals surface area contributed by atoms with Crippen LogP contribution in [0.15, 0.2) is 30.3 Å². The van der Waals surface area contributed by atoms with E-state index in [0.717, 1.165) is 21.8 Å². The van der Waals surface area contributed by atoms with E-state index in [1.165, 1.54) is 5.56 Å². The molecule has 3 aromatic rings. The van der Waals surface area contributed by atoms with Crippen LogP contribution in [0.25, 0.3) is 21.8 Å². The van der Waals surface area contributed by atoms with Crippen LogP contribution in [0.4, 0.5) is 0 Å². The Morgan fingerprint density at radius 3 is 2.38 bits per heavy atom. The van der Waals surface area contributed by atoms with E-state index in [9.17, 15) is 10.2 Å². The van der Waals surface area contributed by atoms with Crippen LogP contribution >= 0.6 is 0 Å². The fourth-order valence-electron chi connectivity index (χ4n) is 2.04. The quantitative estimate of drug-likeness (QED) is 0.503. The minimum Gasteiger partial charge on any atom is -0.504 e. The third kappa shape index (κ3) is 1.15. The molecule has 0 saturated carbocycles. The Hall–Kier alpha value is -2.16. The number of phenols is 2. The molecule has 16 heavy (non-hydrogen) atoms. The number of fused-ring (bicyclic) bond motifs is 3. The predicted octanol–water partition coefficient (Wildman–Crippen LogP) is 3.04. The Kier molecular flexibility index (Phi) is 1.66. The number of nitrogens with one attached hydrogen (secondary N) is 1. The molecule has 0 spiro atoms. The molecule has 0 fully saturated rings. The zero-order valence-corrected chi connectivity index (χ0v) is 8.78. The molecular formula is C13H11NO2. The maximum atomic E-state index is 9.50. The van der Waals surface area contributed by atoms with Crippen LogP contribution < -0.4 is 0 Å². The average molecular weight is 213 g/mol. The van der Waals surface area contributed by atoms with E-state index >= 15 is 0 Å². The fraction of sp³-hybridized carbons (Fsp3) is 0.0769. The molecule has 0 unspecified atom stereocenters. The Bertz CT molecular complexity index is 698. The highest BCUT2D eigenvalue weighted by Gasteiger charge is 2.08. The Balaban J connectivity index is 2.53. The maximum absolute atomic E-state index is 9.50. The van der Waals surface area contributed by atoms with E-state index in [-0.39, 0.29) is 11.5 Å². The zero-order valence-electron chi connectivity index (χ0n) is 8.78. The first-order valence-electron chi connectivity index (χ1n) is 5.09. The van der Waals surface area contributed by atoms with Gasteiger partial charge >= 0.3 is 0 Å². The standard InChI is InChI=1S/C13H11NO2/c1-7-2-3-10-8(4-7)9-5-12(15)13(16)6-11(9)14-10/h2-6,14-16H,1H3. The second-order valence-corrected chi connectivity index (χ2v) is 4.06. The monoisotopic (exact) mass is 213 g/mol. The van der Waals surface area contributed by atoms with Crippen LogP contribution in [0, 0.1) is 6.92 Å². The van der Waals surface area contributed by atoms with Crippen molar-refractivity contribution in [2.45, 2.75) is 6.92 Å². The molecule has 0 aliphatic rings. The summed E-state index contributed by atoms with van der Waals surface area (Å²) >= 11 is 0. The summed E-state index contributed by atoms with van der Waals surface area (Å²) in [7, 11) is 0. The summed E-state index contributed by atoms with van der Waals surface area (Å²) in [4.78, 5) is 3.20. The molecule has 3 N–H and O–H groups in total. The SMILES string of the molecule is Cc1ccc2[nH]c3cc(O)c(O)cc3c2c1. The highest BCUT2D eigenvalue weighted by atomic mass is 16.3. The van der Waals surface area contributed by atoms with Gasteiger partial charge in [0.05, 0.1) is 5.52 Å². The lowest BCUT2D eigenvalue weighted by Crippen LogP contribution is -1.71. The van der Waals surface area contributed by atoms with Gasteiger partial charge in [0, 0.05) is 22.4 Å². The van der Waals surface area contributed by atoms with Crippen molar-refractivity contribution in [2.24, 2.45) is 0 Å². The number of hydrogen-bond acceptors (Lipinski definition) is 2. The number of rotatable bonds is 0. The molecule has 3 nitrogen and oxygen atoms in total. The Morgan fingerprint density at radius 2 is 1.56 bits per heavy atom. The van der Waals surface area contributed by atoms with E-state index in [1.54, 1.807) is 12.1 Å². The molecule has 1 heterocycles. The van der Waals surface area contributed by atoms with Gasteiger partial charge in [0.25, 0.3) is 0 Å². The fourth-order valence-corrected chi connectivity index (χ4v) is 2.04. The predicted molar refractivity (Wildman–Crippen MR) is 63.9 cm³/mol. The van der Waals surface area contributed by atoms with E-state index in [2.05, 4.69) is 11.1 Å². The van der Waals surface area contributed by atoms with Crippen molar-refractivity contribution in [1.29, 1.82) is 0 Å². The largest absolute Gasteiger partial charge is 0.504 e. The number of aromatic amines is 1. The molecule has 0 radical (unpaired) electrons. The summed E-state index contributed by atoms with van der Waals surface area (Å²) in [6, 6.07) is 9.21. The van der Waals surface area contributed by atoms with Crippen LogP contribution in [-0.4, -0.2) is 15.2 Å². The molecule has 2 aromatic carbocycles. The third-order valence-corrected chi connectivity index (χ3v) is 2.85. The van der Waals surface area contributed by atoms with Gasteiger partial charge in [-0.15, -0.1) is 0 Å². The molecule has 0 bridgehead atoms. The first kappa shape index (κ1) is 9.09. The summed E-state index contributed by atoms with van der Waals surface area (Å²) in [5.41, 5.74) is 3.00. The van der Waals surface area contributed by atoms with Crippen molar-refractivity contribution in [3.05, 3.63) is 35.9 Å². The number of hydrogen-bond donors (Lipinski definition) is 3. The number of aromatic nitrogens is 1. The second kappa shape index (κ2) is 2.92. The number of aromatic hydroxyl groups is 2. The first-order valence-corrected chi connectivity index (χ1v) is 5.09. The van der Waals surface area contributed by atoms with E-state index < -0.39 is 0 Å². The van der Waals surface area contributed by atoms with E-state index in [0.29, 0.717) is 0 Å². The van der Waals surface area contributed by atoms with Gasteiger partial charge in [-0.3, -0.25) is 0 Å². The second-order valence-electron chi connectivity index (χ2n) is 4.06. The minimum atomic E-state index is -0.101. The number of H-pyrrole nitrogens is 1. The van der Waals surface area contributed by atoms with Crippen LogP contribution in [0.2, 0.25) is 0 Å². The van der Waals surface area contributed by atoms with Crippen LogP contribution in [0.3, 0.4) is 0 Å². The lowest BCUT2D eigenvalue weighted by Gasteiger charge is -1.97. The van der Waals surface area contributed by atoms with E-state index in [4.69, 9.17) is 0 Å². The first-order chi connectivity index (χ1) is 7.65. The summed E-state index contributed by atoms with van der Waals surface area (Å²) < 4.78 is 0. The molecule has 0 aliphatic heterocycles. The Labute approximate surface area is 92.0 Å². The normalized spacial score (nSPS) is 11.3. The van der Waals surface area contributed by atoms with Crippen molar-refractivity contribution in [3.63, 3.8) is 0 Å². The van der Waals surface area contributed by atoms with Crippen molar-refractivity contribution in [3.8, 4) is 11.5 Å². The van der Waals surface area contributed by atoms with Gasteiger partial charge in [-0.1, -0.05) is 11.6 Å². The molecule has 0 aliphatic carbocycles. The summed E-state index contributed by atoms with van der Waals surface area (Å²) in [6.07, 6.45) is 0. The highest BCUT2D eigenvalue weighted by Crippen LogP contribution is 2.34. The summed E-state index contributed by atoms with van der Waals surface area (Å²) in [5, 5.41) is 20.9. The van der Waals surface area contributed by atoms with Gasteiger partial charge < -0.3 is 15.2 Å². The Morgan fingerprint density at radius 1 is 0.875 bits per heavy atom.